The first-order valence-electron chi connectivity index (χ1n) is 5.19. The number of rotatable bonds is 2. The SMILES string of the molecule is Cc1cc(Cl)c(C(O)c2ccc(Br)s2)cc1C. The van der Waals surface area contributed by atoms with Gasteiger partial charge < -0.3 is 5.11 Å². The number of hydrogen-bond donors (Lipinski definition) is 1. The minimum atomic E-state index is -0.655. The van der Waals surface area contributed by atoms with Crippen molar-refractivity contribution in [1.29, 1.82) is 0 Å². The molecule has 0 bridgehead atoms. The molecule has 17 heavy (non-hydrogen) atoms. The maximum absolute atomic E-state index is 10.3. The molecule has 0 saturated heterocycles. The lowest BCUT2D eigenvalue weighted by Crippen LogP contribution is -1.99. The topological polar surface area (TPSA) is 20.2 Å². The Morgan fingerprint density at radius 3 is 2.47 bits per heavy atom. The summed E-state index contributed by atoms with van der Waals surface area (Å²) in [4.78, 5) is 0.891. The van der Waals surface area contributed by atoms with Gasteiger partial charge in [-0.3, -0.25) is 0 Å². The fourth-order valence-corrected chi connectivity index (χ4v) is 3.39. The molecule has 0 radical (unpaired) electrons. The molecule has 1 N–H and O–H groups in total. The first-order chi connectivity index (χ1) is 7.99. The average Bonchev–Trinajstić information content (AvgIpc) is 2.69. The van der Waals surface area contributed by atoms with Gasteiger partial charge in [0.1, 0.15) is 6.10 Å². The Hall–Kier alpha value is -0.350. The fraction of sp³-hybridized carbons (Fsp3) is 0.231. The highest BCUT2D eigenvalue weighted by molar-refractivity contribution is 9.11. The highest BCUT2D eigenvalue weighted by Crippen LogP contribution is 2.35. The third-order valence-electron chi connectivity index (χ3n) is 2.77. The first kappa shape index (κ1) is 13.1. The number of thiophene rings is 1. The van der Waals surface area contributed by atoms with Crippen molar-refractivity contribution < 1.29 is 5.11 Å². The van der Waals surface area contributed by atoms with E-state index in [-0.39, 0.29) is 0 Å². The van der Waals surface area contributed by atoms with Gasteiger partial charge in [0.25, 0.3) is 0 Å². The Bertz CT molecular complexity index is 550. The van der Waals surface area contributed by atoms with E-state index in [1.54, 1.807) is 0 Å². The molecule has 1 aromatic heterocycles. The number of aryl methyl sites for hydroxylation is 2. The monoisotopic (exact) mass is 330 g/mol. The number of hydrogen-bond acceptors (Lipinski definition) is 2. The quantitative estimate of drug-likeness (QED) is 0.833. The molecule has 90 valence electrons. The van der Waals surface area contributed by atoms with Gasteiger partial charge in [-0.15, -0.1) is 11.3 Å². The van der Waals surface area contributed by atoms with Crippen molar-refractivity contribution in [2.45, 2.75) is 20.0 Å². The van der Waals surface area contributed by atoms with Gasteiger partial charge in [0.05, 0.1) is 3.79 Å². The number of aliphatic hydroxyl groups is 1. The van der Waals surface area contributed by atoms with Crippen LogP contribution in [0, 0.1) is 13.8 Å². The van der Waals surface area contributed by atoms with Gasteiger partial charge in [0.15, 0.2) is 0 Å². The molecule has 0 aliphatic carbocycles. The molecule has 0 saturated carbocycles. The summed E-state index contributed by atoms with van der Waals surface area (Å²) in [5, 5.41) is 10.9. The van der Waals surface area contributed by atoms with Crippen molar-refractivity contribution in [3.63, 3.8) is 0 Å². The molecule has 2 rings (SSSR count). The molecule has 1 atom stereocenters. The van der Waals surface area contributed by atoms with Crippen molar-refractivity contribution in [2.24, 2.45) is 0 Å². The van der Waals surface area contributed by atoms with Crippen molar-refractivity contribution in [3.8, 4) is 0 Å². The number of benzene rings is 1. The Kier molecular flexibility index (Phi) is 3.93. The van der Waals surface area contributed by atoms with Crippen LogP contribution in [-0.2, 0) is 0 Å². The smallest absolute Gasteiger partial charge is 0.115 e. The number of halogens is 2. The zero-order valence-electron chi connectivity index (χ0n) is 9.50. The van der Waals surface area contributed by atoms with Crippen molar-refractivity contribution in [2.75, 3.05) is 0 Å². The summed E-state index contributed by atoms with van der Waals surface area (Å²) in [6.45, 7) is 4.03. The Morgan fingerprint density at radius 2 is 1.88 bits per heavy atom. The molecule has 1 nitrogen and oxygen atoms in total. The van der Waals surface area contributed by atoms with Crippen LogP contribution in [0.25, 0.3) is 0 Å². The summed E-state index contributed by atoms with van der Waals surface area (Å²) in [5.74, 6) is 0. The fourth-order valence-electron chi connectivity index (χ4n) is 1.64. The molecule has 0 amide bonds. The summed E-state index contributed by atoms with van der Waals surface area (Å²) in [6, 6.07) is 7.69. The van der Waals surface area contributed by atoms with E-state index in [4.69, 9.17) is 11.6 Å². The molecule has 0 aliphatic heterocycles. The zero-order chi connectivity index (χ0) is 12.6. The molecule has 1 aromatic carbocycles. The lowest BCUT2D eigenvalue weighted by molar-refractivity contribution is 0.224. The predicted octanol–water partition coefficient (Wildman–Crippen LogP) is 4.86. The van der Waals surface area contributed by atoms with Crippen molar-refractivity contribution in [1.82, 2.24) is 0 Å². The van der Waals surface area contributed by atoms with Crippen LogP contribution < -0.4 is 0 Å². The van der Waals surface area contributed by atoms with E-state index >= 15 is 0 Å². The Balaban J connectivity index is 2.43. The molecule has 0 aliphatic rings. The van der Waals surface area contributed by atoms with Crippen LogP contribution in [0.3, 0.4) is 0 Å². The molecule has 0 fully saturated rings. The molecule has 0 spiro atoms. The van der Waals surface area contributed by atoms with Crippen molar-refractivity contribution in [3.05, 3.63) is 54.6 Å². The summed E-state index contributed by atoms with van der Waals surface area (Å²) in [5.41, 5.74) is 3.04. The van der Waals surface area contributed by atoms with Gasteiger partial charge in [0, 0.05) is 15.5 Å². The standard InChI is InChI=1S/C13H12BrClOS/c1-7-5-9(10(15)6-8(7)2)13(16)11-3-4-12(14)17-11/h3-6,13,16H,1-2H3. The predicted molar refractivity (Wildman–Crippen MR) is 77.0 cm³/mol. The first-order valence-corrected chi connectivity index (χ1v) is 7.17. The lowest BCUT2D eigenvalue weighted by Gasteiger charge is -2.13. The van der Waals surface area contributed by atoms with E-state index in [1.807, 2.05) is 38.1 Å². The van der Waals surface area contributed by atoms with E-state index in [1.165, 1.54) is 11.3 Å². The summed E-state index contributed by atoms with van der Waals surface area (Å²) in [6.07, 6.45) is -0.655. The third kappa shape index (κ3) is 2.74. The molecule has 1 unspecified atom stereocenters. The van der Waals surface area contributed by atoms with Crippen LogP contribution in [0.15, 0.2) is 28.1 Å². The number of aliphatic hydroxyl groups excluding tert-OH is 1. The highest BCUT2D eigenvalue weighted by atomic mass is 79.9. The second-order valence-corrected chi connectivity index (χ2v) is 6.90. The van der Waals surface area contributed by atoms with Crippen LogP contribution in [0.2, 0.25) is 5.02 Å². The lowest BCUT2D eigenvalue weighted by atomic mass is 10.0. The van der Waals surface area contributed by atoms with Gasteiger partial charge in [-0.25, -0.2) is 0 Å². The molecular formula is C13H12BrClOS. The second-order valence-electron chi connectivity index (χ2n) is 4.00. The summed E-state index contributed by atoms with van der Waals surface area (Å²) < 4.78 is 1.01. The Morgan fingerprint density at radius 1 is 1.24 bits per heavy atom. The van der Waals surface area contributed by atoms with Crippen LogP contribution >= 0.6 is 38.9 Å². The molecule has 4 heteroatoms. The second kappa shape index (κ2) is 5.11. The van der Waals surface area contributed by atoms with Crippen LogP contribution in [0.1, 0.15) is 27.7 Å². The molecule has 2 aromatic rings. The van der Waals surface area contributed by atoms with E-state index in [0.717, 1.165) is 25.4 Å². The van der Waals surface area contributed by atoms with Crippen LogP contribution in [0.4, 0.5) is 0 Å². The maximum atomic E-state index is 10.3. The largest absolute Gasteiger partial charge is 0.383 e. The van der Waals surface area contributed by atoms with E-state index in [9.17, 15) is 5.11 Å². The average molecular weight is 332 g/mol. The van der Waals surface area contributed by atoms with Gasteiger partial charge in [-0.05, 0) is 59.1 Å². The highest BCUT2D eigenvalue weighted by Gasteiger charge is 2.16. The zero-order valence-corrected chi connectivity index (χ0v) is 12.7. The van der Waals surface area contributed by atoms with Gasteiger partial charge in [-0.1, -0.05) is 17.7 Å². The van der Waals surface area contributed by atoms with Crippen LogP contribution in [-0.4, -0.2) is 5.11 Å². The van der Waals surface area contributed by atoms with Gasteiger partial charge in [0.2, 0.25) is 0 Å². The van der Waals surface area contributed by atoms with Crippen LogP contribution in [0.5, 0.6) is 0 Å². The normalized spacial score (nSPS) is 12.8. The van der Waals surface area contributed by atoms with Crippen molar-refractivity contribution >= 4 is 38.9 Å². The van der Waals surface area contributed by atoms with E-state index < -0.39 is 6.10 Å². The minimum absolute atomic E-state index is 0.616. The Labute approximate surface area is 118 Å². The minimum Gasteiger partial charge on any atom is -0.383 e. The maximum Gasteiger partial charge on any atom is 0.115 e. The van der Waals surface area contributed by atoms with E-state index in [0.29, 0.717) is 5.02 Å². The third-order valence-corrected chi connectivity index (χ3v) is 4.77. The molecule has 1 heterocycles. The van der Waals surface area contributed by atoms with E-state index in [2.05, 4.69) is 15.9 Å². The molecular weight excluding hydrogens is 320 g/mol. The summed E-state index contributed by atoms with van der Waals surface area (Å²) >= 11 is 11.1. The van der Waals surface area contributed by atoms with Gasteiger partial charge >= 0.3 is 0 Å². The van der Waals surface area contributed by atoms with Gasteiger partial charge in [-0.2, -0.15) is 0 Å². The summed E-state index contributed by atoms with van der Waals surface area (Å²) in [7, 11) is 0.